The van der Waals surface area contributed by atoms with Crippen LogP contribution in [0.5, 0.6) is 5.75 Å². The molecule has 0 unspecified atom stereocenters. The average molecular weight is 585 g/mol. The Morgan fingerprint density at radius 1 is 1.23 bits per heavy atom. The molecule has 0 spiro atoms. The Morgan fingerprint density at radius 2 is 2.00 bits per heavy atom. The van der Waals surface area contributed by atoms with E-state index in [0.717, 1.165) is 5.56 Å². The molecule has 0 radical (unpaired) electrons. The zero-order valence-electron chi connectivity index (χ0n) is 19.5. The third kappa shape index (κ3) is 5.21. The van der Waals surface area contributed by atoms with Gasteiger partial charge in [-0.25, -0.2) is 8.42 Å². The van der Waals surface area contributed by atoms with E-state index in [2.05, 4.69) is 21.2 Å². The Morgan fingerprint density at radius 3 is 2.69 bits per heavy atom. The number of hydrogen-bond acceptors (Lipinski definition) is 5. The molecule has 11 heteroatoms. The normalized spacial score (nSPS) is 18.3. The van der Waals surface area contributed by atoms with Crippen LogP contribution in [0.25, 0.3) is 0 Å². The van der Waals surface area contributed by atoms with Crippen molar-refractivity contribution in [2.45, 2.75) is 37.5 Å². The minimum atomic E-state index is -3.89. The van der Waals surface area contributed by atoms with Gasteiger partial charge in [-0.3, -0.25) is 9.59 Å². The second-order valence-corrected chi connectivity index (χ2v) is 11.8. The highest BCUT2D eigenvalue weighted by molar-refractivity contribution is 9.10. The number of anilines is 2. The van der Waals surface area contributed by atoms with Gasteiger partial charge in [0.25, 0.3) is 0 Å². The van der Waals surface area contributed by atoms with Crippen LogP contribution < -0.4 is 15.0 Å². The van der Waals surface area contributed by atoms with Crippen molar-refractivity contribution < 1.29 is 22.7 Å². The number of hydrogen-bond donors (Lipinski definition) is 1. The fourth-order valence-corrected chi connectivity index (χ4v) is 7.39. The maximum Gasteiger partial charge on any atom is 0.244 e. The second-order valence-electron chi connectivity index (χ2n) is 8.60. The molecule has 0 bridgehead atoms. The summed E-state index contributed by atoms with van der Waals surface area (Å²) in [6, 6.07) is 8.31. The quantitative estimate of drug-likeness (QED) is 0.541. The standard InChI is InChI=1S/C24H27BrClN3O5S/c1-3-23(30)29-10-8-15-11-18(25)22(13-20(15)29)35(32,33)28-9-4-5-16(14-28)24(31)27-17-6-7-21(34-2)19(26)12-17/h6-7,11-13,16H,3-5,8-10,14H2,1-2H3,(H,27,31)/t16-/m0/s1. The van der Waals surface area contributed by atoms with Crippen molar-refractivity contribution in [2.24, 2.45) is 5.92 Å². The Kier molecular flexibility index (Phi) is 7.75. The van der Waals surface area contributed by atoms with Gasteiger partial charge >= 0.3 is 0 Å². The van der Waals surface area contributed by atoms with Crippen LogP contribution in [0, 0.1) is 5.92 Å². The number of nitrogens with zero attached hydrogens (tertiary/aromatic N) is 2. The Labute approximate surface area is 218 Å². The van der Waals surface area contributed by atoms with Crippen LogP contribution in [-0.4, -0.2) is 51.3 Å². The van der Waals surface area contributed by atoms with Gasteiger partial charge in [0, 0.05) is 41.9 Å². The lowest BCUT2D eigenvalue weighted by Crippen LogP contribution is -2.43. The third-order valence-corrected chi connectivity index (χ3v) is 9.54. The van der Waals surface area contributed by atoms with E-state index in [0.29, 0.717) is 65.4 Å². The van der Waals surface area contributed by atoms with E-state index in [1.54, 1.807) is 42.2 Å². The van der Waals surface area contributed by atoms with Crippen LogP contribution in [0.4, 0.5) is 11.4 Å². The highest BCUT2D eigenvalue weighted by Gasteiger charge is 2.36. The third-order valence-electron chi connectivity index (χ3n) is 6.42. The van der Waals surface area contributed by atoms with Crippen LogP contribution in [0.1, 0.15) is 31.7 Å². The van der Waals surface area contributed by atoms with Gasteiger partial charge in [0.15, 0.2) is 0 Å². The van der Waals surface area contributed by atoms with Crippen molar-refractivity contribution >= 4 is 60.7 Å². The number of carbonyl (C=O) groups excluding carboxylic acids is 2. The van der Waals surface area contributed by atoms with Gasteiger partial charge in [-0.05, 0) is 71.1 Å². The molecule has 2 aromatic rings. The molecule has 35 heavy (non-hydrogen) atoms. The molecule has 1 fully saturated rings. The van der Waals surface area contributed by atoms with Crippen molar-refractivity contribution in [1.82, 2.24) is 4.31 Å². The zero-order valence-corrected chi connectivity index (χ0v) is 22.7. The van der Waals surface area contributed by atoms with Crippen LogP contribution in [0.15, 0.2) is 39.7 Å². The smallest absolute Gasteiger partial charge is 0.244 e. The number of piperidine rings is 1. The molecule has 188 valence electrons. The van der Waals surface area contributed by atoms with E-state index in [4.69, 9.17) is 16.3 Å². The van der Waals surface area contributed by atoms with Gasteiger partial charge in [-0.15, -0.1) is 0 Å². The van der Waals surface area contributed by atoms with Crippen LogP contribution >= 0.6 is 27.5 Å². The number of nitrogens with one attached hydrogen (secondary N) is 1. The van der Waals surface area contributed by atoms with Crippen molar-refractivity contribution in [2.75, 3.05) is 37.0 Å². The number of carbonyl (C=O) groups is 2. The second kappa shape index (κ2) is 10.5. The number of methoxy groups -OCH3 is 1. The first kappa shape index (κ1) is 25.9. The van der Waals surface area contributed by atoms with Crippen molar-refractivity contribution in [3.63, 3.8) is 0 Å². The molecule has 4 rings (SSSR count). The summed E-state index contributed by atoms with van der Waals surface area (Å²) in [5.41, 5.74) is 2.09. The molecule has 0 aliphatic carbocycles. The van der Waals surface area contributed by atoms with Crippen molar-refractivity contribution in [1.29, 1.82) is 0 Å². The van der Waals surface area contributed by atoms with E-state index < -0.39 is 15.9 Å². The number of rotatable bonds is 6. The maximum atomic E-state index is 13.6. The summed E-state index contributed by atoms with van der Waals surface area (Å²) in [5.74, 6) is -0.314. The van der Waals surface area contributed by atoms with Crippen LogP contribution in [0.2, 0.25) is 5.02 Å². The first-order valence-electron chi connectivity index (χ1n) is 11.4. The maximum absolute atomic E-state index is 13.6. The molecule has 8 nitrogen and oxygen atoms in total. The van der Waals surface area contributed by atoms with Gasteiger partial charge in [0.2, 0.25) is 21.8 Å². The fraction of sp³-hybridized carbons (Fsp3) is 0.417. The first-order chi connectivity index (χ1) is 16.6. The number of halogens is 2. The predicted molar refractivity (Wildman–Crippen MR) is 139 cm³/mol. The Bertz CT molecular complexity index is 1270. The summed E-state index contributed by atoms with van der Waals surface area (Å²) in [6.45, 7) is 2.72. The lowest BCUT2D eigenvalue weighted by molar-refractivity contribution is -0.121. The molecule has 2 aliphatic heterocycles. The summed E-state index contributed by atoms with van der Waals surface area (Å²) in [7, 11) is -2.39. The minimum absolute atomic E-state index is 0.0391. The largest absolute Gasteiger partial charge is 0.495 e. The van der Waals surface area contributed by atoms with E-state index >= 15 is 0 Å². The first-order valence-corrected chi connectivity index (χ1v) is 14.0. The summed E-state index contributed by atoms with van der Waals surface area (Å²) in [6.07, 6.45) is 2.16. The molecule has 1 saturated heterocycles. The molecule has 1 atom stereocenters. The number of sulfonamides is 1. The summed E-state index contributed by atoms with van der Waals surface area (Å²) in [5, 5.41) is 3.20. The Hall–Kier alpha value is -2.14. The van der Waals surface area contributed by atoms with E-state index in [1.165, 1.54) is 11.4 Å². The van der Waals surface area contributed by atoms with Crippen LogP contribution in [-0.2, 0) is 26.0 Å². The molecule has 2 amide bonds. The summed E-state index contributed by atoms with van der Waals surface area (Å²) in [4.78, 5) is 27.0. The van der Waals surface area contributed by atoms with Gasteiger partial charge < -0.3 is 15.0 Å². The van der Waals surface area contributed by atoms with Crippen LogP contribution in [0.3, 0.4) is 0 Å². The monoisotopic (exact) mass is 583 g/mol. The molecule has 2 aliphatic rings. The molecule has 0 saturated carbocycles. The number of ether oxygens (including phenoxy) is 1. The predicted octanol–water partition coefficient (Wildman–Crippen LogP) is 4.45. The average Bonchev–Trinajstić information content (AvgIpc) is 3.25. The van der Waals surface area contributed by atoms with Gasteiger partial charge in [0.1, 0.15) is 5.75 Å². The Balaban J connectivity index is 1.54. The van der Waals surface area contributed by atoms with E-state index in [1.807, 2.05) is 0 Å². The van der Waals surface area contributed by atoms with Gasteiger partial charge in [-0.1, -0.05) is 18.5 Å². The van der Waals surface area contributed by atoms with Gasteiger partial charge in [0.05, 0.1) is 22.9 Å². The van der Waals surface area contributed by atoms with E-state index in [9.17, 15) is 18.0 Å². The molecular weight excluding hydrogens is 558 g/mol. The molecule has 2 heterocycles. The lowest BCUT2D eigenvalue weighted by atomic mass is 9.98. The summed E-state index contributed by atoms with van der Waals surface area (Å²) >= 11 is 9.57. The molecule has 1 N–H and O–H groups in total. The lowest BCUT2D eigenvalue weighted by Gasteiger charge is -2.31. The van der Waals surface area contributed by atoms with Crippen molar-refractivity contribution in [3.05, 3.63) is 45.4 Å². The zero-order chi connectivity index (χ0) is 25.3. The number of fused-ring (bicyclic) bond motifs is 1. The minimum Gasteiger partial charge on any atom is -0.495 e. The molecule has 0 aromatic heterocycles. The summed E-state index contributed by atoms with van der Waals surface area (Å²) < 4.78 is 34.2. The van der Waals surface area contributed by atoms with Crippen molar-refractivity contribution in [3.8, 4) is 5.75 Å². The molecular formula is C24H27BrClN3O5S. The highest BCUT2D eigenvalue weighted by atomic mass is 79.9. The topological polar surface area (TPSA) is 96.0 Å². The van der Waals surface area contributed by atoms with Gasteiger partial charge in [-0.2, -0.15) is 4.31 Å². The fourth-order valence-electron chi connectivity index (χ4n) is 4.54. The number of benzene rings is 2. The van der Waals surface area contributed by atoms with E-state index in [-0.39, 0.29) is 23.3 Å². The highest BCUT2D eigenvalue weighted by Crippen LogP contribution is 2.38. The molecule has 2 aromatic carbocycles. The SMILES string of the molecule is CCC(=O)N1CCc2cc(Br)c(S(=O)(=O)N3CCC[C@H](C(=O)Nc4ccc(OC)c(Cl)c4)C3)cc21. The number of amides is 2.